The minimum absolute atomic E-state index is 0.238. The summed E-state index contributed by atoms with van der Waals surface area (Å²) in [7, 11) is 0. The van der Waals surface area contributed by atoms with E-state index >= 15 is 0 Å². The molecule has 0 atom stereocenters. The third-order valence-electron chi connectivity index (χ3n) is 3.23. The Hall–Kier alpha value is -2.93. The van der Waals surface area contributed by atoms with Gasteiger partial charge in [0.1, 0.15) is 5.69 Å². The Morgan fingerprint density at radius 2 is 1.67 bits per heavy atom. The fraction of sp³-hybridized carbons (Fsp3) is 0. The molecule has 0 bridgehead atoms. The van der Waals surface area contributed by atoms with E-state index in [4.69, 9.17) is 0 Å². The molecule has 2 aromatic carbocycles. The molecule has 0 aliphatic carbocycles. The Balaban J connectivity index is 1.72. The van der Waals surface area contributed by atoms with Crippen LogP contribution in [0.4, 0.5) is 11.4 Å². The van der Waals surface area contributed by atoms with Crippen molar-refractivity contribution in [1.29, 1.82) is 0 Å². The summed E-state index contributed by atoms with van der Waals surface area (Å²) in [5, 5.41) is 5.53. The highest BCUT2D eigenvalue weighted by atomic mass is 79.9. The number of benzene rings is 2. The fourth-order valence-corrected chi connectivity index (χ4v) is 2.56. The minimum atomic E-state index is -0.328. The molecular weight excluding hydrogens is 372 g/mol. The quantitative estimate of drug-likeness (QED) is 0.641. The van der Waals surface area contributed by atoms with Crippen LogP contribution in [0.2, 0.25) is 0 Å². The van der Waals surface area contributed by atoms with E-state index in [1.165, 1.54) is 12.5 Å². The van der Waals surface area contributed by atoms with Crippen LogP contribution in [-0.4, -0.2) is 21.8 Å². The first-order valence-electron chi connectivity index (χ1n) is 7.09. The van der Waals surface area contributed by atoms with E-state index in [0.717, 1.165) is 0 Å². The van der Waals surface area contributed by atoms with Crippen LogP contribution in [0, 0.1) is 0 Å². The van der Waals surface area contributed by atoms with Gasteiger partial charge < -0.3 is 15.6 Å². The normalized spacial score (nSPS) is 10.2. The number of anilines is 2. The van der Waals surface area contributed by atoms with E-state index in [2.05, 4.69) is 36.5 Å². The van der Waals surface area contributed by atoms with Crippen molar-refractivity contribution in [1.82, 2.24) is 9.97 Å². The molecule has 3 rings (SSSR count). The van der Waals surface area contributed by atoms with E-state index < -0.39 is 0 Å². The standard InChI is InChI=1S/C17H13BrN4O2/c18-14-7-2-1-6-13(14)16(23)21-11-4-3-5-12(8-11)22-17(24)15-9-19-10-20-15/h1-10H,(H,19,20)(H,21,23)(H,22,24). The molecule has 3 aromatic rings. The van der Waals surface area contributed by atoms with Crippen LogP contribution in [0.15, 0.2) is 65.5 Å². The van der Waals surface area contributed by atoms with Crippen LogP contribution in [0.5, 0.6) is 0 Å². The Kier molecular flexibility index (Phi) is 4.72. The largest absolute Gasteiger partial charge is 0.350 e. The molecule has 3 N–H and O–H groups in total. The minimum Gasteiger partial charge on any atom is -0.350 e. The van der Waals surface area contributed by atoms with Crippen molar-refractivity contribution in [3.8, 4) is 0 Å². The van der Waals surface area contributed by atoms with Gasteiger partial charge in [0.15, 0.2) is 0 Å². The number of hydrogen-bond donors (Lipinski definition) is 3. The van der Waals surface area contributed by atoms with Crippen molar-refractivity contribution in [2.75, 3.05) is 10.6 Å². The van der Waals surface area contributed by atoms with Gasteiger partial charge >= 0.3 is 0 Å². The van der Waals surface area contributed by atoms with Crippen LogP contribution >= 0.6 is 15.9 Å². The number of rotatable bonds is 4. The number of H-pyrrole nitrogens is 1. The number of amides is 2. The van der Waals surface area contributed by atoms with E-state index in [9.17, 15) is 9.59 Å². The van der Waals surface area contributed by atoms with Crippen molar-refractivity contribution in [2.45, 2.75) is 0 Å². The van der Waals surface area contributed by atoms with Gasteiger partial charge in [0.2, 0.25) is 0 Å². The van der Waals surface area contributed by atoms with E-state index in [-0.39, 0.29) is 17.5 Å². The highest BCUT2D eigenvalue weighted by Crippen LogP contribution is 2.20. The van der Waals surface area contributed by atoms with Crippen LogP contribution in [0.25, 0.3) is 0 Å². The number of halogens is 1. The molecule has 24 heavy (non-hydrogen) atoms. The van der Waals surface area contributed by atoms with Crippen molar-refractivity contribution < 1.29 is 9.59 Å². The summed E-state index contributed by atoms with van der Waals surface area (Å²) < 4.78 is 0.713. The molecule has 1 aromatic heterocycles. The molecular formula is C17H13BrN4O2. The fourth-order valence-electron chi connectivity index (χ4n) is 2.10. The summed E-state index contributed by atoms with van der Waals surface area (Å²) in [5.41, 5.74) is 1.96. The molecule has 0 spiro atoms. The molecule has 0 saturated heterocycles. The van der Waals surface area contributed by atoms with Gasteiger partial charge in [-0.15, -0.1) is 0 Å². The summed E-state index contributed by atoms with van der Waals surface area (Å²) in [6.45, 7) is 0. The lowest BCUT2D eigenvalue weighted by Gasteiger charge is -2.09. The number of carbonyl (C=O) groups excluding carboxylic acids is 2. The maximum Gasteiger partial charge on any atom is 0.275 e. The van der Waals surface area contributed by atoms with Crippen molar-refractivity contribution in [3.63, 3.8) is 0 Å². The number of nitrogens with one attached hydrogen (secondary N) is 3. The number of carbonyl (C=O) groups is 2. The third-order valence-corrected chi connectivity index (χ3v) is 3.92. The maximum absolute atomic E-state index is 12.3. The number of aromatic amines is 1. The van der Waals surface area contributed by atoms with Crippen LogP contribution in [-0.2, 0) is 0 Å². The van der Waals surface area contributed by atoms with Gasteiger partial charge in [0, 0.05) is 22.0 Å². The molecule has 120 valence electrons. The lowest BCUT2D eigenvalue weighted by Crippen LogP contribution is -2.14. The molecule has 0 unspecified atom stereocenters. The van der Waals surface area contributed by atoms with Gasteiger partial charge in [-0.25, -0.2) is 4.98 Å². The second-order valence-corrected chi connectivity index (χ2v) is 5.78. The molecule has 0 radical (unpaired) electrons. The van der Waals surface area contributed by atoms with Gasteiger partial charge in [-0.1, -0.05) is 18.2 Å². The van der Waals surface area contributed by atoms with Crippen LogP contribution in [0.1, 0.15) is 20.8 Å². The zero-order valence-electron chi connectivity index (χ0n) is 12.4. The molecule has 2 amide bonds. The molecule has 0 aliphatic rings. The van der Waals surface area contributed by atoms with Gasteiger partial charge in [-0.3, -0.25) is 9.59 Å². The highest BCUT2D eigenvalue weighted by molar-refractivity contribution is 9.10. The number of imidazole rings is 1. The number of aromatic nitrogens is 2. The van der Waals surface area contributed by atoms with E-state index in [1.807, 2.05) is 6.07 Å². The first kappa shape index (κ1) is 15.9. The lowest BCUT2D eigenvalue weighted by molar-refractivity contribution is 0.101. The SMILES string of the molecule is O=C(Nc1cccc(NC(=O)c2ccccc2Br)c1)c1c[nH]cn1. The second kappa shape index (κ2) is 7.10. The predicted octanol–water partition coefficient (Wildman–Crippen LogP) is 3.68. The average Bonchev–Trinajstić information content (AvgIpc) is 3.10. The average molecular weight is 385 g/mol. The predicted molar refractivity (Wildman–Crippen MR) is 95.1 cm³/mol. The Morgan fingerprint density at radius 3 is 2.33 bits per heavy atom. The number of hydrogen-bond acceptors (Lipinski definition) is 3. The maximum atomic E-state index is 12.3. The zero-order chi connectivity index (χ0) is 16.9. The van der Waals surface area contributed by atoms with Crippen molar-refractivity contribution >= 4 is 39.1 Å². The van der Waals surface area contributed by atoms with Crippen molar-refractivity contribution in [3.05, 3.63) is 76.8 Å². The third kappa shape index (κ3) is 3.69. The number of nitrogens with zero attached hydrogens (tertiary/aromatic N) is 1. The summed E-state index contributed by atoms with van der Waals surface area (Å²) in [4.78, 5) is 30.9. The molecule has 0 aliphatic heterocycles. The van der Waals surface area contributed by atoms with Gasteiger partial charge in [0.05, 0.1) is 11.9 Å². The molecule has 1 heterocycles. The molecule has 0 saturated carbocycles. The van der Waals surface area contributed by atoms with E-state index in [0.29, 0.717) is 21.4 Å². The summed E-state index contributed by atoms with van der Waals surface area (Å²) in [5.74, 6) is -0.566. The van der Waals surface area contributed by atoms with Gasteiger partial charge in [-0.2, -0.15) is 0 Å². The van der Waals surface area contributed by atoms with Crippen LogP contribution < -0.4 is 10.6 Å². The highest BCUT2D eigenvalue weighted by Gasteiger charge is 2.11. The first-order valence-corrected chi connectivity index (χ1v) is 7.89. The summed E-state index contributed by atoms with van der Waals surface area (Å²) in [6, 6.07) is 14.1. The molecule has 0 fully saturated rings. The van der Waals surface area contributed by atoms with Gasteiger partial charge in [-0.05, 0) is 46.3 Å². The summed E-state index contributed by atoms with van der Waals surface area (Å²) >= 11 is 3.35. The first-order chi connectivity index (χ1) is 11.6. The Labute approximate surface area is 146 Å². The van der Waals surface area contributed by atoms with Gasteiger partial charge in [0.25, 0.3) is 11.8 Å². The Morgan fingerprint density at radius 1 is 0.958 bits per heavy atom. The van der Waals surface area contributed by atoms with Crippen LogP contribution in [0.3, 0.4) is 0 Å². The molecule has 6 nitrogen and oxygen atoms in total. The second-order valence-electron chi connectivity index (χ2n) is 4.92. The Bertz CT molecular complexity index is 878. The van der Waals surface area contributed by atoms with E-state index in [1.54, 1.807) is 42.5 Å². The zero-order valence-corrected chi connectivity index (χ0v) is 14.0. The topological polar surface area (TPSA) is 86.9 Å². The molecule has 7 heteroatoms. The monoisotopic (exact) mass is 384 g/mol. The van der Waals surface area contributed by atoms with Crippen molar-refractivity contribution in [2.24, 2.45) is 0 Å². The smallest absolute Gasteiger partial charge is 0.275 e. The lowest BCUT2D eigenvalue weighted by atomic mass is 10.2. The summed E-state index contributed by atoms with van der Waals surface area (Å²) in [6.07, 6.45) is 2.94.